The van der Waals surface area contributed by atoms with E-state index in [9.17, 15) is 0 Å². The van der Waals surface area contributed by atoms with Gasteiger partial charge in [0.05, 0.1) is 0 Å². The Bertz CT molecular complexity index is 522. The Hall–Kier alpha value is -1.60. The lowest BCUT2D eigenvalue weighted by Gasteiger charge is -2.05. The monoisotopic (exact) mass is 259 g/mol. The third-order valence-electron chi connectivity index (χ3n) is 2.69. The second kappa shape index (κ2) is 6.97. The zero-order chi connectivity index (χ0) is 13.5. The van der Waals surface area contributed by atoms with Gasteiger partial charge in [0.15, 0.2) is 0 Å². The van der Waals surface area contributed by atoms with Crippen molar-refractivity contribution in [3.63, 3.8) is 0 Å². The highest BCUT2D eigenvalue weighted by Crippen LogP contribution is 2.19. The van der Waals surface area contributed by atoms with E-state index in [1.165, 1.54) is 11.8 Å². The number of nitrogens with zero attached hydrogens (tertiary/aromatic N) is 1. The topological polar surface area (TPSA) is 12.4 Å². The Morgan fingerprint density at radius 3 is 2.67 bits per heavy atom. The summed E-state index contributed by atoms with van der Waals surface area (Å²) in [4.78, 5) is 4.05. The summed E-state index contributed by atoms with van der Waals surface area (Å²) in [6.07, 6.45) is 7.51. The Morgan fingerprint density at radius 1 is 1.39 bits per heavy atom. The van der Waals surface area contributed by atoms with E-state index in [1.807, 2.05) is 37.4 Å². The molecule has 0 fully saturated rings. The largest absolute Gasteiger partial charge is 0.265 e. The number of benzene rings is 1. The van der Waals surface area contributed by atoms with Crippen LogP contribution >= 0.6 is 11.6 Å². The van der Waals surface area contributed by atoms with E-state index in [4.69, 9.17) is 11.6 Å². The number of hydrogen-bond donors (Lipinski definition) is 0. The van der Waals surface area contributed by atoms with Crippen LogP contribution in [0.2, 0.25) is 5.02 Å². The van der Waals surface area contributed by atoms with Crippen LogP contribution in [-0.4, -0.2) is 6.21 Å². The molecular weight excluding hydrogens is 242 g/mol. The van der Waals surface area contributed by atoms with E-state index in [-0.39, 0.29) is 0 Å². The number of aliphatic imine (C=N–C) groups is 1. The lowest BCUT2D eigenvalue weighted by molar-refractivity contribution is 1.41. The smallest absolute Gasteiger partial charge is 0.0409 e. The fourth-order valence-corrected chi connectivity index (χ4v) is 1.88. The molecule has 0 aliphatic heterocycles. The standard InChI is InChI=1S/C16H18ClN/c1-5-14(11-18-6-2)12(3)9-15-7-8-16(17)10-13(15)4/h5-11H,2H2,1,3-4H3/b12-9+,14-5+,18-11?. The Morgan fingerprint density at radius 2 is 2.11 bits per heavy atom. The Balaban J connectivity index is 3.08. The molecule has 0 unspecified atom stereocenters. The molecule has 0 aromatic heterocycles. The molecule has 1 aromatic rings. The quantitative estimate of drug-likeness (QED) is 0.520. The van der Waals surface area contributed by atoms with Crippen molar-refractivity contribution in [3.05, 3.63) is 64.3 Å². The van der Waals surface area contributed by atoms with Gasteiger partial charge in [0.25, 0.3) is 0 Å². The van der Waals surface area contributed by atoms with Gasteiger partial charge < -0.3 is 0 Å². The fraction of sp³-hybridized carbons (Fsp3) is 0.188. The zero-order valence-electron chi connectivity index (χ0n) is 11.1. The van der Waals surface area contributed by atoms with Crippen molar-refractivity contribution in [1.82, 2.24) is 0 Å². The summed E-state index contributed by atoms with van der Waals surface area (Å²) >= 11 is 5.95. The maximum absolute atomic E-state index is 5.95. The van der Waals surface area contributed by atoms with Gasteiger partial charge in [-0.2, -0.15) is 0 Å². The fourth-order valence-electron chi connectivity index (χ4n) is 1.65. The van der Waals surface area contributed by atoms with Crippen LogP contribution in [0.5, 0.6) is 0 Å². The van der Waals surface area contributed by atoms with Gasteiger partial charge in [-0.05, 0) is 55.2 Å². The molecule has 0 bridgehead atoms. The number of hydrogen-bond acceptors (Lipinski definition) is 1. The average molecular weight is 260 g/mol. The summed E-state index contributed by atoms with van der Waals surface area (Å²) in [6, 6.07) is 5.90. The van der Waals surface area contributed by atoms with E-state index in [2.05, 4.69) is 31.5 Å². The molecule has 0 radical (unpaired) electrons. The lowest BCUT2D eigenvalue weighted by Crippen LogP contribution is -1.88. The van der Waals surface area contributed by atoms with Crippen molar-refractivity contribution in [1.29, 1.82) is 0 Å². The van der Waals surface area contributed by atoms with Crippen LogP contribution in [0.1, 0.15) is 25.0 Å². The highest BCUT2D eigenvalue weighted by atomic mass is 35.5. The minimum absolute atomic E-state index is 0.766. The van der Waals surface area contributed by atoms with Crippen LogP contribution in [0.15, 0.2) is 53.2 Å². The molecule has 0 spiro atoms. The first kappa shape index (κ1) is 14.5. The highest BCUT2D eigenvalue weighted by molar-refractivity contribution is 6.30. The van der Waals surface area contributed by atoms with Crippen LogP contribution in [0.25, 0.3) is 6.08 Å². The molecule has 0 N–H and O–H groups in total. The van der Waals surface area contributed by atoms with E-state index in [1.54, 1.807) is 0 Å². The second-order valence-corrected chi connectivity index (χ2v) is 4.47. The third kappa shape index (κ3) is 4.01. The SMILES string of the molecule is C=CN=CC(=C\C)/C(C)=C/c1ccc(Cl)cc1C. The molecule has 0 aliphatic carbocycles. The molecular formula is C16H18ClN. The first-order chi connectivity index (χ1) is 8.58. The molecule has 0 aliphatic rings. The average Bonchev–Trinajstić information content (AvgIpc) is 2.34. The summed E-state index contributed by atoms with van der Waals surface area (Å²) in [5.41, 5.74) is 4.58. The maximum Gasteiger partial charge on any atom is 0.0409 e. The van der Waals surface area contributed by atoms with Gasteiger partial charge in [-0.1, -0.05) is 36.4 Å². The second-order valence-electron chi connectivity index (χ2n) is 4.03. The molecule has 0 heterocycles. The minimum Gasteiger partial charge on any atom is -0.265 e. The van der Waals surface area contributed by atoms with Crippen LogP contribution in [0.4, 0.5) is 0 Å². The molecule has 18 heavy (non-hydrogen) atoms. The molecule has 0 saturated carbocycles. The van der Waals surface area contributed by atoms with Crippen molar-refractivity contribution in [2.75, 3.05) is 0 Å². The number of rotatable bonds is 4. The van der Waals surface area contributed by atoms with Gasteiger partial charge in [-0.25, -0.2) is 0 Å². The van der Waals surface area contributed by atoms with Crippen LogP contribution in [0, 0.1) is 6.92 Å². The Labute approximate surface area is 114 Å². The van der Waals surface area contributed by atoms with E-state index >= 15 is 0 Å². The number of halogens is 1. The summed E-state index contributed by atoms with van der Waals surface area (Å²) in [7, 11) is 0. The van der Waals surface area contributed by atoms with E-state index in [0.29, 0.717) is 0 Å². The zero-order valence-corrected chi connectivity index (χ0v) is 11.8. The van der Waals surface area contributed by atoms with Crippen LogP contribution < -0.4 is 0 Å². The van der Waals surface area contributed by atoms with Crippen molar-refractivity contribution in [3.8, 4) is 0 Å². The number of allylic oxidation sites excluding steroid dienone is 3. The summed E-state index contributed by atoms with van der Waals surface area (Å²) < 4.78 is 0. The van der Waals surface area contributed by atoms with Crippen molar-refractivity contribution in [2.45, 2.75) is 20.8 Å². The van der Waals surface area contributed by atoms with Crippen molar-refractivity contribution < 1.29 is 0 Å². The van der Waals surface area contributed by atoms with Gasteiger partial charge in [0.1, 0.15) is 0 Å². The first-order valence-corrected chi connectivity index (χ1v) is 6.21. The summed E-state index contributed by atoms with van der Waals surface area (Å²) in [5, 5.41) is 0.766. The van der Waals surface area contributed by atoms with E-state index in [0.717, 1.165) is 21.7 Å². The van der Waals surface area contributed by atoms with E-state index < -0.39 is 0 Å². The van der Waals surface area contributed by atoms with Gasteiger partial charge in [0.2, 0.25) is 0 Å². The molecule has 1 nitrogen and oxygen atoms in total. The summed E-state index contributed by atoms with van der Waals surface area (Å²) in [6.45, 7) is 9.69. The molecule has 94 valence electrons. The van der Waals surface area contributed by atoms with Crippen molar-refractivity contribution in [2.24, 2.45) is 4.99 Å². The molecule has 2 heteroatoms. The molecule has 0 saturated heterocycles. The summed E-state index contributed by atoms with van der Waals surface area (Å²) in [5.74, 6) is 0. The third-order valence-corrected chi connectivity index (χ3v) is 2.92. The van der Waals surface area contributed by atoms with Gasteiger partial charge in [0, 0.05) is 17.4 Å². The van der Waals surface area contributed by atoms with Gasteiger partial charge in [-0.3, -0.25) is 4.99 Å². The minimum atomic E-state index is 0.766. The predicted molar refractivity (Wildman–Crippen MR) is 82.3 cm³/mol. The normalized spacial score (nSPS) is 13.1. The maximum atomic E-state index is 5.95. The molecule has 0 amide bonds. The molecule has 0 atom stereocenters. The van der Waals surface area contributed by atoms with Crippen molar-refractivity contribution >= 4 is 23.9 Å². The number of aryl methyl sites for hydroxylation is 1. The molecule has 1 aromatic carbocycles. The molecule has 1 rings (SSSR count). The first-order valence-electron chi connectivity index (χ1n) is 5.83. The lowest BCUT2D eigenvalue weighted by atomic mass is 10.0. The van der Waals surface area contributed by atoms with Gasteiger partial charge in [-0.15, -0.1) is 0 Å². The highest BCUT2D eigenvalue weighted by Gasteiger charge is 1.99. The van der Waals surface area contributed by atoms with Crippen LogP contribution in [0.3, 0.4) is 0 Å². The Kier molecular flexibility index (Phi) is 5.60. The predicted octanol–water partition coefficient (Wildman–Crippen LogP) is 5.21. The van der Waals surface area contributed by atoms with Crippen LogP contribution in [-0.2, 0) is 0 Å². The van der Waals surface area contributed by atoms with Gasteiger partial charge >= 0.3 is 0 Å².